The number of nitrogens with two attached hydrogens (primary N) is 1. The van der Waals surface area contributed by atoms with Crippen LogP contribution >= 0.6 is 0 Å². The van der Waals surface area contributed by atoms with Gasteiger partial charge in [-0.1, -0.05) is 6.92 Å². The molecule has 18 heavy (non-hydrogen) atoms. The molecule has 0 saturated heterocycles. The molecule has 0 saturated carbocycles. The summed E-state index contributed by atoms with van der Waals surface area (Å²) in [7, 11) is -2.39. The van der Waals surface area contributed by atoms with Crippen LogP contribution in [-0.2, 0) is 14.8 Å². The van der Waals surface area contributed by atoms with Gasteiger partial charge in [0.05, 0.1) is 18.4 Å². The molecule has 1 aromatic carbocycles. The molecule has 1 aromatic rings. The van der Waals surface area contributed by atoms with Gasteiger partial charge in [-0.2, -0.15) is 0 Å². The second-order valence-electron chi connectivity index (χ2n) is 3.64. The van der Waals surface area contributed by atoms with Gasteiger partial charge in [-0.25, -0.2) is 17.9 Å². The normalized spacial score (nSPS) is 11.2. The summed E-state index contributed by atoms with van der Waals surface area (Å²) in [6.45, 7) is 2.19. The SMILES string of the molecule is CCCNS(=O)(=O)c1ccc(C(=O)OC)cc1N. The van der Waals surface area contributed by atoms with E-state index < -0.39 is 16.0 Å². The van der Waals surface area contributed by atoms with Crippen molar-refractivity contribution in [1.82, 2.24) is 4.72 Å². The Hall–Kier alpha value is -1.60. The van der Waals surface area contributed by atoms with Gasteiger partial charge in [-0.15, -0.1) is 0 Å². The zero-order chi connectivity index (χ0) is 13.8. The molecule has 100 valence electrons. The number of nitrogens with one attached hydrogen (secondary N) is 1. The van der Waals surface area contributed by atoms with E-state index >= 15 is 0 Å². The zero-order valence-corrected chi connectivity index (χ0v) is 11.1. The molecule has 1 rings (SSSR count). The van der Waals surface area contributed by atoms with Gasteiger partial charge in [0.25, 0.3) is 0 Å². The molecule has 0 aliphatic heterocycles. The first kappa shape index (κ1) is 14.5. The number of ether oxygens (including phenoxy) is 1. The van der Waals surface area contributed by atoms with E-state index in [2.05, 4.69) is 9.46 Å². The monoisotopic (exact) mass is 272 g/mol. The highest BCUT2D eigenvalue weighted by molar-refractivity contribution is 7.89. The topological polar surface area (TPSA) is 98.5 Å². The lowest BCUT2D eigenvalue weighted by Crippen LogP contribution is -2.25. The van der Waals surface area contributed by atoms with Crippen molar-refractivity contribution in [1.29, 1.82) is 0 Å². The minimum atomic E-state index is -3.63. The lowest BCUT2D eigenvalue weighted by molar-refractivity contribution is 0.0600. The smallest absolute Gasteiger partial charge is 0.337 e. The van der Waals surface area contributed by atoms with Gasteiger partial charge in [-0.05, 0) is 24.6 Å². The molecule has 0 aliphatic rings. The van der Waals surface area contributed by atoms with Crippen LogP contribution < -0.4 is 10.5 Å². The fraction of sp³-hybridized carbons (Fsp3) is 0.364. The highest BCUT2D eigenvalue weighted by Gasteiger charge is 2.18. The Bertz CT molecular complexity index is 540. The Morgan fingerprint density at radius 1 is 1.44 bits per heavy atom. The number of hydrogen-bond donors (Lipinski definition) is 2. The largest absolute Gasteiger partial charge is 0.465 e. The van der Waals surface area contributed by atoms with E-state index in [-0.39, 0.29) is 16.1 Å². The fourth-order valence-electron chi connectivity index (χ4n) is 1.35. The summed E-state index contributed by atoms with van der Waals surface area (Å²) >= 11 is 0. The summed E-state index contributed by atoms with van der Waals surface area (Å²) in [5, 5.41) is 0. The van der Waals surface area contributed by atoms with E-state index in [0.29, 0.717) is 13.0 Å². The standard InChI is InChI=1S/C11H16N2O4S/c1-3-6-13-18(15,16)10-5-4-8(7-9(10)12)11(14)17-2/h4-5,7,13H,3,6,12H2,1-2H3. The van der Waals surface area contributed by atoms with Crippen LogP contribution in [0.15, 0.2) is 23.1 Å². The van der Waals surface area contributed by atoms with Crippen LogP contribution in [-0.4, -0.2) is 28.0 Å². The fourth-order valence-corrected chi connectivity index (χ4v) is 2.60. The van der Waals surface area contributed by atoms with Gasteiger partial charge < -0.3 is 10.5 Å². The van der Waals surface area contributed by atoms with Crippen LogP contribution in [0.25, 0.3) is 0 Å². The van der Waals surface area contributed by atoms with Crippen molar-refractivity contribution in [2.75, 3.05) is 19.4 Å². The number of rotatable bonds is 5. The van der Waals surface area contributed by atoms with E-state index in [1.54, 1.807) is 0 Å². The third-order valence-electron chi connectivity index (χ3n) is 2.26. The summed E-state index contributed by atoms with van der Waals surface area (Å²) < 4.78 is 30.6. The van der Waals surface area contributed by atoms with Crippen molar-refractivity contribution in [3.63, 3.8) is 0 Å². The highest BCUT2D eigenvalue weighted by Crippen LogP contribution is 2.20. The van der Waals surface area contributed by atoms with Crippen LogP contribution in [0.3, 0.4) is 0 Å². The first-order chi connectivity index (χ1) is 8.42. The first-order valence-corrected chi connectivity index (χ1v) is 6.88. The van der Waals surface area contributed by atoms with Crippen molar-refractivity contribution in [3.8, 4) is 0 Å². The van der Waals surface area contributed by atoms with Gasteiger partial charge in [-0.3, -0.25) is 0 Å². The van der Waals surface area contributed by atoms with Crippen molar-refractivity contribution >= 4 is 21.7 Å². The molecule has 0 fully saturated rings. The van der Waals surface area contributed by atoms with E-state index in [9.17, 15) is 13.2 Å². The number of hydrogen-bond acceptors (Lipinski definition) is 5. The third-order valence-corrected chi connectivity index (χ3v) is 3.80. The maximum absolute atomic E-state index is 11.9. The van der Waals surface area contributed by atoms with Gasteiger partial charge in [0.15, 0.2) is 0 Å². The number of benzene rings is 1. The molecule has 0 amide bonds. The minimum Gasteiger partial charge on any atom is -0.465 e. The Kier molecular flexibility index (Phi) is 4.69. The molecular formula is C11H16N2O4S. The van der Waals surface area contributed by atoms with E-state index in [4.69, 9.17) is 5.73 Å². The molecule has 0 heterocycles. The molecule has 0 aromatic heterocycles. The van der Waals surface area contributed by atoms with E-state index in [0.717, 1.165) is 0 Å². The number of esters is 1. The van der Waals surface area contributed by atoms with Gasteiger partial charge in [0, 0.05) is 6.54 Å². The second-order valence-corrected chi connectivity index (χ2v) is 5.38. The maximum atomic E-state index is 11.9. The van der Waals surface area contributed by atoms with Crippen molar-refractivity contribution in [3.05, 3.63) is 23.8 Å². The van der Waals surface area contributed by atoms with Crippen LogP contribution in [0.2, 0.25) is 0 Å². The molecule has 0 radical (unpaired) electrons. The van der Waals surface area contributed by atoms with Crippen LogP contribution in [0.1, 0.15) is 23.7 Å². The second kappa shape index (κ2) is 5.83. The third kappa shape index (κ3) is 3.21. The van der Waals surface area contributed by atoms with E-state index in [1.807, 2.05) is 6.92 Å². The number of carbonyl (C=O) groups excluding carboxylic acids is 1. The number of anilines is 1. The average molecular weight is 272 g/mol. The molecule has 0 unspecified atom stereocenters. The summed E-state index contributed by atoms with van der Waals surface area (Å²) in [6.07, 6.45) is 0.680. The molecule has 0 atom stereocenters. The van der Waals surface area contributed by atoms with Crippen molar-refractivity contribution < 1.29 is 17.9 Å². The van der Waals surface area contributed by atoms with Crippen LogP contribution in [0.5, 0.6) is 0 Å². The van der Waals surface area contributed by atoms with Crippen molar-refractivity contribution in [2.45, 2.75) is 18.2 Å². The molecule has 3 N–H and O–H groups in total. The van der Waals surface area contributed by atoms with Gasteiger partial charge >= 0.3 is 5.97 Å². The summed E-state index contributed by atoms with van der Waals surface area (Å²) in [6, 6.07) is 3.94. The number of nitrogen functional groups attached to an aromatic ring is 1. The lowest BCUT2D eigenvalue weighted by Gasteiger charge is -2.09. The van der Waals surface area contributed by atoms with Gasteiger partial charge in [0.1, 0.15) is 4.90 Å². The lowest BCUT2D eigenvalue weighted by atomic mass is 10.2. The molecule has 0 spiro atoms. The first-order valence-electron chi connectivity index (χ1n) is 5.40. The van der Waals surface area contributed by atoms with Gasteiger partial charge in [0.2, 0.25) is 10.0 Å². The molecule has 7 heteroatoms. The minimum absolute atomic E-state index is 0.0153. The summed E-state index contributed by atoms with van der Waals surface area (Å²) in [5.74, 6) is -0.563. The zero-order valence-electron chi connectivity index (χ0n) is 10.3. The van der Waals surface area contributed by atoms with Crippen molar-refractivity contribution in [2.24, 2.45) is 0 Å². The highest BCUT2D eigenvalue weighted by atomic mass is 32.2. The predicted octanol–water partition coefficient (Wildman–Crippen LogP) is 0.744. The quantitative estimate of drug-likeness (QED) is 0.608. The van der Waals surface area contributed by atoms with Crippen LogP contribution in [0, 0.1) is 0 Å². The summed E-state index contributed by atoms with van der Waals surface area (Å²) in [5.41, 5.74) is 5.87. The number of sulfonamides is 1. The maximum Gasteiger partial charge on any atom is 0.337 e. The molecular weight excluding hydrogens is 256 g/mol. The summed E-state index contributed by atoms with van der Waals surface area (Å²) in [4.78, 5) is 11.2. The molecule has 6 nitrogen and oxygen atoms in total. The Morgan fingerprint density at radius 2 is 2.11 bits per heavy atom. The predicted molar refractivity (Wildman–Crippen MR) is 67.7 cm³/mol. The number of carbonyl (C=O) groups is 1. The van der Waals surface area contributed by atoms with Crippen LogP contribution in [0.4, 0.5) is 5.69 Å². The molecule has 0 bridgehead atoms. The Balaban J connectivity index is 3.09. The average Bonchev–Trinajstić information content (AvgIpc) is 2.35. The molecule has 0 aliphatic carbocycles. The Morgan fingerprint density at radius 3 is 2.61 bits per heavy atom. The van der Waals surface area contributed by atoms with E-state index in [1.165, 1.54) is 25.3 Å². The number of methoxy groups -OCH3 is 1. The Labute approximate surface area is 106 Å².